The average molecular weight is 268 g/mol. The lowest BCUT2D eigenvalue weighted by molar-refractivity contribution is -0.384. The Hall–Kier alpha value is -0.820. The lowest BCUT2D eigenvalue weighted by atomic mass is 10.3. The Kier molecular flexibility index (Phi) is 3.49. The van der Waals surface area contributed by atoms with E-state index in [0.29, 0.717) is 4.47 Å². The number of nitro groups is 1. The Morgan fingerprint density at radius 3 is 2.85 bits per heavy atom. The molecule has 4 nitrogen and oxygen atoms in total. The van der Waals surface area contributed by atoms with E-state index in [-0.39, 0.29) is 23.9 Å². The Bertz CT molecular complexity index is 336. The lowest BCUT2D eigenvalue weighted by Gasteiger charge is -2.00. The number of rotatable bonds is 3. The van der Waals surface area contributed by atoms with Gasteiger partial charge in [-0.1, -0.05) is 0 Å². The lowest BCUT2D eigenvalue weighted by Crippen LogP contribution is -1.88. The van der Waals surface area contributed by atoms with Gasteiger partial charge in [-0.05, 0) is 22.0 Å². The molecule has 13 heavy (non-hydrogen) atoms. The van der Waals surface area contributed by atoms with Crippen molar-refractivity contribution in [3.05, 3.63) is 32.8 Å². The van der Waals surface area contributed by atoms with Crippen molar-refractivity contribution in [3.8, 4) is 5.75 Å². The van der Waals surface area contributed by atoms with E-state index in [1.54, 1.807) is 0 Å². The molecular weight excluding hydrogens is 265 g/mol. The molecule has 0 fully saturated rings. The minimum absolute atomic E-state index is 0.0849. The van der Waals surface area contributed by atoms with Crippen LogP contribution in [0.25, 0.3) is 0 Å². The maximum Gasteiger partial charge on any atom is 0.273 e. The van der Waals surface area contributed by atoms with Crippen LogP contribution in [0.15, 0.2) is 22.7 Å². The second-order valence-corrected chi connectivity index (χ2v) is 3.17. The van der Waals surface area contributed by atoms with E-state index in [4.69, 9.17) is 0 Å². The van der Waals surface area contributed by atoms with Crippen molar-refractivity contribution in [1.29, 1.82) is 0 Å². The predicted octanol–water partition coefficient (Wildman–Crippen LogP) is 3.27. The second kappa shape index (κ2) is 4.43. The van der Waals surface area contributed by atoms with Gasteiger partial charge in [0.15, 0.2) is 5.75 Å². The van der Waals surface area contributed by atoms with E-state index in [1.165, 1.54) is 12.1 Å². The quantitative estimate of drug-likeness (QED) is 0.479. The van der Waals surface area contributed by atoms with Gasteiger partial charge in [0, 0.05) is 6.07 Å². The highest BCUT2D eigenvalue weighted by molar-refractivity contribution is 9.10. The highest BCUT2D eigenvalue weighted by Crippen LogP contribution is 2.31. The zero-order valence-electron chi connectivity index (χ0n) is 6.07. The number of hydrogen-bond acceptors (Lipinski definition) is 4. The largest absolute Gasteiger partial charge is 0.396 e. The summed E-state index contributed by atoms with van der Waals surface area (Å²) in [6, 6.07) is 3.85. The molecule has 0 aliphatic heterocycles. The van der Waals surface area contributed by atoms with E-state index < -0.39 is 4.92 Å². The molecule has 0 N–H and O–H groups in total. The summed E-state index contributed by atoms with van der Waals surface area (Å²) in [5.74, 6) is 0.0849. The van der Waals surface area contributed by atoms with Crippen molar-refractivity contribution in [3.63, 3.8) is 0 Å². The van der Waals surface area contributed by atoms with Crippen LogP contribution in [0.4, 0.5) is 9.57 Å². The maximum atomic E-state index is 11.7. The van der Waals surface area contributed by atoms with Gasteiger partial charge >= 0.3 is 0 Å². The fraction of sp³-hybridized carbons (Fsp3) is 0. The molecule has 0 spiro atoms. The molecule has 0 amide bonds. The summed E-state index contributed by atoms with van der Waals surface area (Å²) in [7, 11) is 0. The summed E-state index contributed by atoms with van der Waals surface area (Å²) < 4.78 is 16.6. The minimum atomic E-state index is -0.581. The molecule has 0 saturated carbocycles. The van der Waals surface area contributed by atoms with Crippen LogP contribution in [0, 0.1) is 10.1 Å². The van der Waals surface area contributed by atoms with Crippen LogP contribution in [-0.2, 0) is 0 Å². The van der Waals surface area contributed by atoms with Crippen LogP contribution in [-0.4, -0.2) is 4.92 Å². The third-order valence-corrected chi connectivity index (χ3v) is 2.14. The molecule has 0 radical (unpaired) electrons. The van der Waals surface area contributed by atoms with Crippen LogP contribution in [0.1, 0.15) is 0 Å². The highest BCUT2D eigenvalue weighted by atomic mass is 79.9. The van der Waals surface area contributed by atoms with E-state index in [0.717, 1.165) is 6.07 Å². The molecular formula is C6H3BrFNO3S. The second-order valence-electron chi connectivity index (χ2n) is 2.02. The number of hydrogen-bond donors (Lipinski definition) is 0. The minimum Gasteiger partial charge on any atom is -0.396 e. The molecule has 0 aliphatic rings. The predicted molar refractivity (Wildman–Crippen MR) is 50.1 cm³/mol. The van der Waals surface area contributed by atoms with Crippen molar-refractivity contribution in [2.45, 2.75) is 0 Å². The maximum absolute atomic E-state index is 11.7. The summed E-state index contributed by atoms with van der Waals surface area (Å²) in [5, 5.41) is 10.3. The Balaban J connectivity index is 3.03. The third-order valence-electron chi connectivity index (χ3n) is 1.25. The van der Waals surface area contributed by atoms with Gasteiger partial charge in [0.2, 0.25) is 0 Å². The Labute approximate surface area is 85.9 Å². The number of nitrogens with zero attached hydrogens (tertiary/aromatic N) is 1. The topological polar surface area (TPSA) is 52.4 Å². The molecule has 1 aromatic carbocycles. The zero-order chi connectivity index (χ0) is 9.84. The van der Waals surface area contributed by atoms with Gasteiger partial charge in [0.05, 0.1) is 15.5 Å². The van der Waals surface area contributed by atoms with Crippen LogP contribution < -0.4 is 4.18 Å². The number of halogens is 2. The number of nitro benzene ring substituents is 1. The molecule has 0 saturated heterocycles. The molecule has 1 rings (SSSR count). The fourth-order valence-electron chi connectivity index (χ4n) is 0.703. The van der Waals surface area contributed by atoms with Gasteiger partial charge in [0.1, 0.15) is 0 Å². The number of non-ortho nitro benzene ring substituents is 1. The summed E-state index contributed by atoms with van der Waals surface area (Å²) in [4.78, 5) is 9.72. The normalized spacial score (nSPS) is 9.69. The highest BCUT2D eigenvalue weighted by Gasteiger charge is 2.10. The summed E-state index contributed by atoms with van der Waals surface area (Å²) >= 11 is 2.69. The average Bonchev–Trinajstić information content (AvgIpc) is 2.08. The van der Waals surface area contributed by atoms with Crippen molar-refractivity contribution >= 4 is 34.0 Å². The van der Waals surface area contributed by atoms with Gasteiger partial charge in [-0.15, -0.1) is 3.89 Å². The molecule has 0 atom stereocenters. The fourth-order valence-corrected chi connectivity index (χ4v) is 1.34. The monoisotopic (exact) mass is 267 g/mol. The molecule has 0 bridgehead atoms. The van der Waals surface area contributed by atoms with Crippen LogP contribution in [0.3, 0.4) is 0 Å². The summed E-state index contributed by atoms with van der Waals surface area (Å²) in [6.07, 6.45) is 0. The molecule has 7 heteroatoms. The molecule has 0 unspecified atom stereocenters. The first-order valence-electron chi connectivity index (χ1n) is 3.04. The van der Waals surface area contributed by atoms with Gasteiger partial charge in [-0.25, -0.2) is 0 Å². The SMILES string of the molecule is O=[N+]([O-])c1ccc(Br)c(OSF)c1. The first-order valence-corrected chi connectivity index (χ1v) is 4.48. The van der Waals surface area contributed by atoms with Crippen LogP contribution in [0.2, 0.25) is 0 Å². The summed E-state index contributed by atoms with van der Waals surface area (Å²) in [5.41, 5.74) is -0.146. The van der Waals surface area contributed by atoms with Crippen molar-refractivity contribution in [1.82, 2.24) is 0 Å². The van der Waals surface area contributed by atoms with Crippen molar-refractivity contribution < 1.29 is 13.0 Å². The van der Waals surface area contributed by atoms with Crippen molar-refractivity contribution in [2.24, 2.45) is 0 Å². The first-order chi connectivity index (χ1) is 6.15. The van der Waals surface area contributed by atoms with Gasteiger partial charge in [-0.3, -0.25) is 10.1 Å². The van der Waals surface area contributed by atoms with Crippen molar-refractivity contribution in [2.75, 3.05) is 0 Å². The first kappa shape index (κ1) is 10.3. The smallest absolute Gasteiger partial charge is 0.273 e. The molecule has 0 aromatic heterocycles. The van der Waals surface area contributed by atoms with E-state index in [9.17, 15) is 14.0 Å². The zero-order valence-corrected chi connectivity index (χ0v) is 8.47. The molecule has 1 aromatic rings. The van der Waals surface area contributed by atoms with Gasteiger partial charge < -0.3 is 4.18 Å². The molecule has 0 aliphatic carbocycles. The number of benzene rings is 1. The van der Waals surface area contributed by atoms with E-state index >= 15 is 0 Å². The Morgan fingerprint density at radius 2 is 2.31 bits per heavy atom. The standard InChI is InChI=1S/C6H3BrFNO3S/c7-5-2-1-4(9(10)11)3-6(5)12-13-8/h1-3H. The van der Waals surface area contributed by atoms with Crippen LogP contribution in [0.5, 0.6) is 5.75 Å². The van der Waals surface area contributed by atoms with Crippen LogP contribution >= 0.6 is 28.4 Å². The van der Waals surface area contributed by atoms with Gasteiger partial charge in [-0.2, -0.15) is 0 Å². The van der Waals surface area contributed by atoms with E-state index in [2.05, 4.69) is 20.1 Å². The van der Waals surface area contributed by atoms with E-state index in [1.807, 2.05) is 0 Å². The van der Waals surface area contributed by atoms with Gasteiger partial charge in [0.25, 0.3) is 18.1 Å². The molecule has 70 valence electrons. The summed E-state index contributed by atoms with van der Waals surface area (Å²) in [6.45, 7) is 0. The third kappa shape index (κ3) is 2.56. The molecule has 0 heterocycles. The Morgan fingerprint density at radius 1 is 1.62 bits per heavy atom.